The third-order valence-corrected chi connectivity index (χ3v) is 15.8. The van der Waals surface area contributed by atoms with Crippen molar-refractivity contribution in [2.45, 2.75) is 5.41 Å². The first-order valence-electron chi connectivity index (χ1n) is 24.1. The van der Waals surface area contributed by atoms with Crippen LogP contribution in [0.2, 0.25) is 0 Å². The molecule has 2 nitrogen and oxygen atoms in total. The number of hydrogen-bond donors (Lipinski definition) is 0. The number of nitrogens with zero attached hydrogens (tertiary/aromatic N) is 2. The zero-order valence-electron chi connectivity index (χ0n) is 38.2. The average molecular weight is 909 g/mol. The molecule has 1 spiro atoms. The normalized spacial score (nSPS) is 12.9. The molecule has 1 aromatic heterocycles. The van der Waals surface area contributed by atoms with Gasteiger partial charge in [-0.1, -0.05) is 200 Å². The highest BCUT2D eigenvalue weighted by atomic mass is 32.1. The molecule has 2 heterocycles. The van der Waals surface area contributed by atoms with Crippen molar-refractivity contribution in [1.82, 2.24) is 0 Å². The van der Waals surface area contributed by atoms with Crippen molar-refractivity contribution < 1.29 is 0 Å². The van der Waals surface area contributed by atoms with Crippen molar-refractivity contribution >= 4 is 65.6 Å². The van der Waals surface area contributed by atoms with Crippen molar-refractivity contribution in [1.29, 1.82) is 0 Å². The lowest BCUT2D eigenvalue weighted by Gasteiger charge is -2.45. The first-order chi connectivity index (χ1) is 34.8. The van der Waals surface area contributed by atoms with Gasteiger partial charge in [-0.15, -0.1) is 11.3 Å². The number of benzene rings is 11. The van der Waals surface area contributed by atoms with Gasteiger partial charge in [0.05, 0.1) is 28.2 Å². The summed E-state index contributed by atoms with van der Waals surface area (Å²) < 4.78 is 2.62. The quantitative estimate of drug-likeness (QED) is 0.157. The molecule has 0 unspecified atom stereocenters. The molecule has 0 N–H and O–H groups in total. The Morgan fingerprint density at radius 3 is 1.67 bits per heavy atom. The molecule has 12 aromatic rings. The molecular formula is C67H44N2S. The van der Waals surface area contributed by atoms with E-state index >= 15 is 0 Å². The second-order valence-electron chi connectivity index (χ2n) is 18.3. The molecule has 0 atom stereocenters. The summed E-state index contributed by atoms with van der Waals surface area (Å²) >= 11 is 1.87. The molecule has 0 radical (unpaired) electrons. The Bertz CT molecular complexity index is 3920. The zero-order valence-corrected chi connectivity index (χ0v) is 39.0. The van der Waals surface area contributed by atoms with Crippen LogP contribution in [0.25, 0.3) is 64.7 Å². The van der Waals surface area contributed by atoms with Gasteiger partial charge in [-0.25, -0.2) is 0 Å². The summed E-state index contributed by atoms with van der Waals surface area (Å²) in [5.74, 6) is 0. The van der Waals surface area contributed by atoms with Gasteiger partial charge >= 0.3 is 0 Å². The Balaban J connectivity index is 1.02. The zero-order chi connectivity index (χ0) is 46.2. The van der Waals surface area contributed by atoms with E-state index in [-0.39, 0.29) is 0 Å². The largest absolute Gasteiger partial charge is 0.310 e. The topological polar surface area (TPSA) is 6.48 Å². The summed E-state index contributed by atoms with van der Waals surface area (Å²) in [6.07, 6.45) is 0. The van der Waals surface area contributed by atoms with Gasteiger partial charge in [0.2, 0.25) is 0 Å². The van der Waals surface area contributed by atoms with Crippen LogP contribution in [0.3, 0.4) is 0 Å². The number of para-hydroxylation sites is 4. The molecular weight excluding hydrogens is 865 g/mol. The third kappa shape index (κ3) is 6.05. The van der Waals surface area contributed by atoms with E-state index in [9.17, 15) is 0 Å². The lowest BCUT2D eigenvalue weighted by Crippen LogP contribution is -2.36. The highest BCUT2D eigenvalue weighted by molar-refractivity contribution is 7.25. The van der Waals surface area contributed by atoms with E-state index in [1.165, 1.54) is 87.2 Å². The van der Waals surface area contributed by atoms with Gasteiger partial charge in [0.1, 0.15) is 0 Å². The van der Waals surface area contributed by atoms with Gasteiger partial charge in [0.15, 0.2) is 0 Å². The van der Waals surface area contributed by atoms with Gasteiger partial charge in [-0.05, 0) is 122 Å². The maximum atomic E-state index is 2.53. The second-order valence-corrected chi connectivity index (χ2v) is 19.4. The van der Waals surface area contributed by atoms with Gasteiger partial charge in [-0.3, -0.25) is 0 Å². The summed E-state index contributed by atoms with van der Waals surface area (Å²) in [6.45, 7) is 0. The molecule has 70 heavy (non-hydrogen) atoms. The molecule has 0 amide bonds. The minimum atomic E-state index is -0.596. The van der Waals surface area contributed by atoms with Gasteiger partial charge in [-0.2, -0.15) is 0 Å². The van der Waals surface area contributed by atoms with Gasteiger partial charge in [0, 0.05) is 42.7 Å². The average Bonchev–Trinajstić information content (AvgIpc) is 3.97. The predicted molar refractivity (Wildman–Crippen MR) is 296 cm³/mol. The van der Waals surface area contributed by atoms with Crippen LogP contribution in [-0.2, 0) is 5.41 Å². The fourth-order valence-electron chi connectivity index (χ4n) is 11.8. The minimum Gasteiger partial charge on any atom is -0.310 e. The number of fused-ring (bicyclic) bond motifs is 12. The van der Waals surface area contributed by atoms with Crippen LogP contribution in [0.15, 0.2) is 267 Å². The van der Waals surface area contributed by atoms with Crippen molar-refractivity contribution in [3.05, 3.63) is 289 Å². The highest BCUT2D eigenvalue weighted by Crippen LogP contribution is 2.65. The smallest absolute Gasteiger partial charge is 0.0755 e. The van der Waals surface area contributed by atoms with E-state index in [2.05, 4.69) is 277 Å². The van der Waals surface area contributed by atoms with E-state index < -0.39 is 5.41 Å². The Labute approximate surface area is 412 Å². The van der Waals surface area contributed by atoms with Gasteiger partial charge in [0.25, 0.3) is 0 Å². The van der Waals surface area contributed by atoms with Crippen molar-refractivity contribution in [2.24, 2.45) is 0 Å². The second kappa shape index (κ2) is 16.2. The summed E-state index contributed by atoms with van der Waals surface area (Å²) in [5, 5.41) is 2.62. The van der Waals surface area contributed by atoms with E-state index in [1.54, 1.807) is 0 Å². The highest BCUT2D eigenvalue weighted by Gasteiger charge is 2.52. The van der Waals surface area contributed by atoms with Gasteiger partial charge < -0.3 is 9.80 Å². The summed E-state index contributed by atoms with van der Waals surface area (Å²) in [7, 11) is 0. The van der Waals surface area contributed by atoms with E-state index in [0.717, 1.165) is 33.9 Å². The van der Waals surface area contributed by atoms with Crippen molar-refractivity contribution in [3.63, 3.8) is 0 Å². The van der Waals surface area contributed by atoms with Crippen LogP contribution in [0.1, 0.15) is 22.3 Å². The molecule has 2 aliphatic rings. The van der Waals surface area contributed by atoms with Crippen LogP contribution < -0.4 is 9.80 Å². The number of anilines is 6. The molecule has 11 aromatic carbocycles. The maximum absolute atomic E-state index is 2.53. The monoisotopic (exact) mass is 908 g/mol. The number of hydrogen-bond acceptors (Lipinski definition) is 3. The standard InChI is InChI=1S/C67H44N2S/c1-3-20-45(21-4-1)47-22-17-23-48(44-47)51-26-8-13-34-59(51)68(50-42-40-46(41-43-50)52-29-18-39-64-65(52)54-28-9-16-38-63(54)70-64)62-37-19-33-58-66(62)53-27-7-10-30-55(53)67(58)56-31-11-14-35-60(56)69(49-24-5-2-6-25-49)61-36-15-12-32-57(61)67/h1-44H. The SMILES string of the molecule is c1ccc(-c2cccc(-c3ccccc3N(c3ccc(-c4cccc5sc6ccccc6c45)cc3)c3cccc4c3-c3ccccc3C43c4ccccc4N(c4ccccc4)c4ccccc43)c2)cc1. The Kier molecular flexibility index (Phi) is 9.33. The van der Waals surface area contributed by atoms with Crippen LogP contribution >= 0.6 is 11.3 Å². The fraction of sp³-hybridized carbons (Fsp3) is 0.0149. The Morgan fingerprint density at radius 1 is 0.343 bits per heavy atom. The molecule has 14 rings (SSSR count). The maximum Gasteiger partial charge on any atom is 0.0755 e. The first-order valence-corrected chi connectivity index (χ1v) is 24.9. The molecule has 0 saturated heterocycles. The minimum absolute atomic E-state index is 0.596. The molecule has 0 fully saturated rings. The number of rotatable bonds is 7. The Morgan fingerprint density at radius 2 is 0.886 bits per heavy atom. The first kappa shape index (κ1) is 40.3. The van der Waals surface area contributed by atoms with Crippen LogP contribution in [0.5, 0.6) is 0 Å². The number of thiophene rings is 1. The molecule has 1 aliphatic carbocycles. The fourth-order valence-corrected chi connectivity index (χ4v) is 12.9. The predicted octanol–water partition coefficient (Wildman–Crippen LogP) is 18.7. The lowest BCUT2D eigenvalue weighted by molar-refractivity contribution is 0.752. The van der Waals surface area contributed by atoms with E-state index in [1.807, 2.05) is 11.3 Å². The summed E-state index contributed by atoms with van der Waals surface area (Å²) in [5.41, 5.74) is 21.0. The van der Waals surface area contributed by atoms with Crippen LogP contribution in [0, 0.1) is 0 Å². The summed E-state index contributed by atoms with van der Waals surface area (Å²) in [6, 6.07) is 98.7. The Hall–Kier alpha value is -8.76. The van der Waals surface area contributed by atoms with Crippen LogP contribution in [0.4, 0.5) is 34.1 Å². The molecule has 0 saturated carbocycles. The molecule has 3 heteroatoms. The molecule has 0 bridgehead atoms. The van der Waals surface area contributed by atoms with Crippen molar-refractivity contribution in [3.8, 4) is 44.5 Å². The molecule has 1 aliphatic heterocycles. The third-order valence-electron chi connectivity index (χ3n) is 14.7. The molecule has 328 valence electrons. The van der Waals surface area contributed by atoms with E-state index in [0.29, 0.717) is 0 Å². The summed E-state index contributed by atoms with van der Waals surface area (Å²) in [4.78, 5) is 4.98. The lowest BCUT2D eigenvalue weighted by atomic mass is 9.64. The van der Waals surface area contributed by atoms with Crippen molar-refractivity contribution in [2.75, 3.05) is 9.80 Å². The van der Waals surface area contributed by atoms with E-state index in [4.69, 9.17) is 0 Å². The van der Waals surface area contributed by atoms with Crippen LogP contribution in [-0.4, -0.2) is 0 Å².